The maximum absolute atomic E-state index is 2.44. The smallest absolute Gasteiger partial charge is 0.0541 e. The Balaban J connectivity index is 0.000000146. The molecule has 19 aromatic carbocycles. The first-order valence-corrected chi connectivity index (χ1v) is 38.9. The predicted octanol–water partition coefficient (Wildman–Crippen LogP) is 30.5. The maximum atomic E-state index is 2.44. The van der Waals surface area contributed by atoms with Gasteiger partial charge < -0.3 is 9.13 Å². The third-order valence-electron chi connectivity index (χ3n) is 23.0. The predicted molar refractivity (Wildman–Crippen MR) is 479 cm³/mol. The summed E-state index contributed by atoms with van der Waals surface area (Å²) in [5, 5.41) is 15.2. The lowest BCUT2D eigenvalue weighted by atomic mass is 9.81. The average Bonchev–Trinajstić information content (AvgIpc) is 1.64. The minimum atomic E-state index is 0.0237. The van der Waals surface area contributed by atoms with E-state index in [4.69, 9.17) is 0 Å². The fourth-order valence-electron chi connectivity index (χ4n) is 17.5. The highest BCUT2D eigenvalue weighted by Crippen LogP contribution is 2.48. The molecule has 0 amide bonds. The Bertz CT molecular complexity index is 7070. The Hall–Kier alpha value is -14.2. The largest absolute Gasteiger partial charge is 0.309 e. The van der Waals surface area contributed by atoms with E-state index in [0.29, 0.717) is 0 Å². The Morgan fingerprint density at radius 2 is 0.393 bits per heavy atom. The molecule has 0 fully saturated rings. The summed E-state index contributed by atoms with van der Waals surface area (Å²) < 4.78 is 4.83. The van der Waals surface area contributed by atoms with Crippen LogP contribution in [0.5, 0.6) is 0 Å². The van der Waals surface area contributed by atoms with Crippen molar-refractivity contribution < 1.29 is 0 Å². The zero-order chi connectivity index (χ0) is 74.8. The molecule has 21 rings (SSSR count). The highest BCUT2D eigenvalue weighted by molar-refractivity contribution is 6.23. The molecule has 0 radical (unpaired) electrons. The van der Waals surface area contributed by atoms with Gasteiger partial charge in [0.2, 0.25) is 0 Å². The molecule has 2 nitrogen and oxygen atoms in total. The lowest BCUT2D eigenvalue weighted by Gasteiger charge is -2.23. The first kappa shape index (κ1) is 67.2. The summed E-state index contributed by atoms with van der Waals surface area (Å²) in [4.78, 5) is 0. The molecule has 0 saturated carbocycles. The molecule has 0 unspecified atom stereocenters. The fourth-order valence-corrected chi connectivity index (χ4v) is 17.5. The van der Waals surface area contributed by atoms with Crippen molar-refractivity contribution in [2.75, 3.05) is 0 Å². The molecule has 2 aromatic heterocycles. The lowest BCUT2D eigenvalue weighted by molar-refractivity contribution is 0.591. The van der Waals surface area contributed by atoms with E-state index >= 15 is 0 Å². The molecule has 0 saturated heterocycles. The molecule has 2 heteroatoms. The van der Waals surface area contributed by atoms with Gasteiger partial charge in [-0.25, -0.2) is 0 Å². The van der Waals surface area contributed by atoms with E-state index < -0.39 is 0 Å². The number of nitrogens with zero attached hydrogens (tertiary/aromatic N) is 2. The van der Waals surface area contributed by atoms with E-state index in [1.54, 1.807) is 0 Å². The van der Waals surface area contributed by atoms with Crippen LogP contribution in [0.15, 0.2) is 419 Å². The molecule has 528 valence electrons. The van der Waals surface area contributed by atoms with Gasteiger partial charge >= 0.3 is 0 Å². The van der Waals surface area contributed by atoms with Crippen molar-refractivity contribution in [3.63, 3.8) is 0 Å². The lowest BCUT2D eigenvalue weighted by Crippen LogP contribution is -2.10. The van der Waals surface area contributed by atoms with Crippen molar-refractivity contribution in [2.45, 2.75) is 26.2 Å². The van der Waals surface area contributed by atoms with Crippen molar-refractivity contribution in [3.8, 4) is 112 Å². The van der Waals surface area contributed by atoms with Gasteiger partial charge in [0.25, 0.3) is 0 Å². The normalized spacial score (nSPS) is 11.7. The molecule has 0 bridgehead atoms. The quantitative estimate of drug-likeness (QED) is 0.114. The number of rotatable bonds is 11. The summed E-state index contributed by atoms with van der Waals surface area (Å²) >= 11 is 0. The zero-order valence-corrected chi connectivity index (χ0v) is 62.7. The number of para-hydroxylation sites is 2. The zero-order valence-electron chi connectivity index (χ0n) is 62.7. The van der Waals surface area contributed by atoms with E-state index in [0.717, 1.165) is 11.4 Å². The van der Waals surface area contributed by atoms with E-state index in [9.17, 15) is 0 Å². The summed E-state index contributed by atoms with van der Waals surface area (Å²) in [6, 6.07) is 153. The average molecular weight is 1430 g/mol. The second-order valence-corrected chi connectivity index (χ2v) is 30.6. The van der Waals surface area contributed by atoms with E-state index in [2.05, 4.69) is 448 Å². The standard InChI is InChI=1S/C56H37N.C54H41N/c1-3-14-38(15-4-1)43-18-13-19-44(36-43)39-26-28-40(29-27-39)45-32-35-54-52(37-45)47-20-11-12-25-53(47)57(54)46-33-30-42(31-34-46)56-50-23-9-7-21-48(50)55(41-16-5-2-6-17-41)49-22-8-10-24-51(49)56;1-54(2,3)42-29-32-47-49(35-42)53(46-20-11-10-19-45(46)52(47)39-16-8-5-9-17-39)40-26-30-43(31-27-40)55-50-21-13-12-18-44(50)48-34-41(28-33-51(48)55)38-24-22-37(23-25-38)36-14-6-4-7-15-36/h1-37H;4-35H,1-3H3. The van der Waals surface area contributed by atoms with Crippen molar-refractivity contribution in [1.82, 2.24) is 9.13 Å². The third-order valence-corrected chi connectivity index (χ3v) is 23.0. The summed E-state index contributed by atoms with van der Waals surface area (Å²) in [5.74, 6) is 0. The first-order chi connectivity index (χ1) is 55.2. The van der Waals surface area contributed by atoms with Crippen LogP contribution in [0.25, 0.3) is 198 Å². The summed E-state index contributed by atoms with van der Waals surface area (Å²) in [5.41, 5.74) is 30.7. The number of hydrogen-bond acceptors (Lipinski definition) is 0. The van der Waals surface area contributed by atoms with Gasteiger partial charge in [-0.2, -0.15) is 0 Å². The van der Waals surface area contributed by atoms with Gasteiger partial charge in [0.05, 0.1) is 22.1 Å². The molecule has 21 aromatic rings. The van der Waals surface area contributed by atoms with Crippen LogP contribution in [0.3, 0.4) is 0 Å². The molecule has 0 aliphatic carbocycles. The van der Waals surface area contributed by atoms with Crippen LogP contribution in [-0.4, -0.2) is 9.13 Å². The molecule has 0 spiro atoms. The molecule has 0 N–H and O–H groups in total. The fraction of sp³-hybridized carbons (Fsp3) is 0.0364. The summed E-state index contributed by atoms with van der Waals surface area (Å²) in [6.45, 7) is 6.91. The van der Waals surface area contributed by atoms with Crippen LogP contribution in [0.1, 0.15) is 26.3 Å². The number of hydrogen-bond donors (Lipinski definition) is 0. The molecule has 0 aliphatic rings. The van der Waals surface area contributed by atoms with Crippen molar-refractivity contribution in [1.29, 1.82) is 0 Å². The van der Waals surface area contributed by atoms with E-state index in [-0.39, 0.29) is 5.41 Å². The molecule has 0 atom stereocenters. The molecule has 112 heavy (non-hydrogen) atoms. The Kier molecular flexibility index (Phi) is 16.9. The SMILES string of the molecule is CC(C)(C)c1ccc2c(-c3ccccc3)c3ccccc3c(-c3ccc(-n4c5ccccc5c5cc(-c6ccc(-c7ccccc7)cc6)ccc54)cc3)c2c1.c1ccc(-c2cccc(-c3ccc(-c4ccc5c(c4)c4ccccc4n5-c4ccc(-c5c6ccccc6c(-c6ccccc6)c6ccccc56)cc4)cc3)c2)cc1. The van der Waals surface area contributed by atoms with Gasteiger partial charge in [-0.15, -0.1) is 0 Å². The highest BCUT2D eigenvalue weighted by Gasteiger charge is 2.24. The number of benzene rings is 19. The van der Waals surface area contributed by atoms with Gasteiger partial charge in [0.1, 0.15) is 0 Å². The highest BCUT2D eigenvalue weighted by atomic mass is 15.0. The number of aromatic nitrogens is 2. The molecule has 0 aliphatic heterocycles. The van der Waals surface area contributed by atoms with E-state index in [1.807, 2.05) is 0 Å². The van der Waals surface area contributed by atoms with Crippen LogP contribution in [0.2, 0.25) is 0 Å². The minimum Gasteiger partial charge on any atom is -0.309 e. The second-order valence-electron chi connectivity index (χ2n) is 30.6. The van der Waals surface area contributed by atoms with Crippen LogP contribution in [-0.2, 0) is 5.41 Å². The Morgan fingerprint density at radius 1 is 0.152 bits per heavy atom. The van der Waals surface area contributed by atoms with Gasteiger partial charge in [0, 0.05) is 32.9 Å². The first-order valence-electron chi connectivity index (χ1n) is 38.9. The Labute approximate surface area is 653 Å². The van der Waals surface area contributed by atoms with Gasteiger partial charge in [-0.3, -0.25) is 0 Å². The molecule has 2 heterocycles. The van der Waals surface area contributed by atoms with Crippen molar-refractivity contribution in [3.05, 3.63) is 424 Å². The van der Waals surface area contributed by atoms with Crippen LogP contribution >= 0.6 is 0 Å². The van der Waals surface area contributed by atoms with Crippen molar-refractivity contribution >= 4 is 86.7 Å². The van der Waals surface area contributed by atoms with Gasteiger partial charge in [-0.05, 0) is 227 Å². The van der Waals surface area contributed by atoms with Crippen LogP contribution in [0.4, 0.5) is 0 Å². The number of fused-ring (bicyclic) bond motifs is 10. The van der Waals surface area contributed by atoms with Crippen molar-refractivity contribution in [2.24, 2.45) is 0 Å². The topological polar surface area (TPSA) is 9.86 Å². The van der Waals surface area contributed by atoms with E-state index in [1.165, 1.54) is 192 Å². The van der Waals surface area contributed by atoms with Gasteiger partial charge in [0.15, 0.2) is 0 Å². The second kappa shape index (κ2) is 28.1. The monoisotopic (exact) mass is 1430 g/mol. The summed E-state index contributed by atoms with van der Waals surface area (Å²) in [6.07, 6.45) is 0. The molecular formula is C110H78N2. The van der Waals surface area contributed by atoms with Crippen LogP contribution < -0.4 is 0 Å². The van der Waals surface area contributed by atoms with Crippen LogP contribution in [0, 0.1) is 0 Å². The minimum absolute atomic E-state index is 0.0237. The third kappa shape index (κ3) is 12.0. The molecular weight excluding hydrogens is 1350 g/mol. The summed E-state index contributed by atoms with van der Waals surface area (Å²) in [7, 11) is 0. The Morgan fingerprint density at radius 3 is 0.759 bits per heavy atom. The maximum Gasteiger partial charge on any atom is 0.0541 e. The van der Waals surface area contributed by atoms with Gasteiger partial charge in [-0.1, -0.05) is 367 Å².